The molecule has 7 nitrogen and oxygen atoms in total. The average Bonchev–Trinajstić information content (AvgIpc) is 2.75. The van der Waals surface area contributed by atoms with Gasteiger partial charge in [0.2, 0.25) is 5.91 Å². The van der Waals surface area contributed by atoms with Gasteiger partial charge in [0.05, 0.1) is 32.2 Å². The van der Waals surface area contributed by atoms with Gasteiger partial charge in [-0.3, -0.25) is 4.79 Å². The van der Waals surface area contributed by atoms with Crippen molar-refractivity contribution >= 4 is 28.9 Å². The first-order chi connectivity index (χ1) is 10.0. The van der Waals surface area contributed by atoms with Crippen molar-refractivity contribution in [2.24, 2.45) is 24.3 Å². The predicted octanol–water partition coefficient (Wildman–Crippen LogP) is 2.27. The first kappa shape index (κ1) is 14.7. The monoisotopic (exact) mass is 287 g/mol. The predicted molar refractivity (Wildman–Crippen MR) is 81.1 cm³/mol. The number of anilines is 2. The largest absolute Gasteiger partial charge is 0.421 e. The summed E-state index contributed by atoms with van der Waals surface area (Å²) in [6.07, 6.45) is 3.81. The lowest BCUT2D eigenvalue weighted by atomic mass is 10.2. The van der Waals surface area contributed by atoms with Gasteiger partial charge >= 0.3 is 5.95 Å². The third kappa shape index (κ3) is 3.44. The minimum absolute atomic E-state index is 0.121. The van der Waals surface area contributed by atoms with E-state index in [9.17, 15) is 4.79 Å². The highest BCUT2D eigenvalue weighted by atomic mass is 16.1. The maximum absolute atomic E-state index is 11.1. The number of carbonyl (C=O) groups excluding carboxylic acids is 1. The highest BCUT2D eigenvalue weighted by Crippen LogP contribution is 2.29. The highest BCUT2D eigenvalue weighted by molar-refractivity contribution is 5.90. The van der Waals surface area contributed by atoms with Gasteiger partial charge in [0, 0.05) is 24.8 Å². The number of hydrogen-bond acceptors (Lipinski definition) is 4. The van der Waals surface area contributed by atoms with Crippen LogP contribution < -0.4 is 15.2 Å². The summed E-state index contributed by atoms with van der Waals surface area (Å²) in [5.41, 5.74) is 2.18. The average molecular weight is 287 g/mol. The molecular formula is C14H19N6O+. The number of imidazole rings is 1. The molecule has 1 aromatic heterocycles. The number of carbonyl (C=O) groups is 1. The molecule has 1 amide bonds. The minimum atomic E-state index is -0.121. The van der Waals surface area contributed by atoms with Crippen LogP contribution >= 0.6 is 0 Å². The van der Waals surface area contributed by atoms with Crippen molar-refractivity contribution in [3.63, 3.8) is 0 Å². The van der Waals surface area contributed by atoms with Crippen molar-refractivity contribution in [1.82, 2.24) is 4.57 Å². The quantitative estimate of drug-likeness (QED) is 0.668. The molecule has 110 valence electrons. The molecule has 2 rings (SSSR count). The maximum atomic E-state index is 11.1. The molecule has 0 radical (unpaired) electrons. The Kier molecular flexibility index (Phi) is 4.32. The van der Waals surface area contributed by atoms with Gasteiger partial charge in [0.15, 0.2) is 0 Å². The number of rotatable bonds is 4. The Morgan fingerprint density at radius 2 is 2.10 bits per heavy atom. The van der Waals surface area contributed by atoms with Crippen LogP contribution in [0.1, 0.15) is 6.92 Å². The Morgan fingerprint density at radius 1 is 1.33 bits per heavy atom. The Bertz CT molecular complexity index is 669. The second-order valence-electron chi connectivity index (χ2n) is 4.68. The summed E-state index contributed by atoms with van der Waals surface area (Å²) in [6, 6.07) is 5.44. The molecule has 0 saturated heterocycles. The summed E-state index contributed by atoms with van der Waals surface area (Å²) in [5, 5.41) is 14.3. The Morgan fingerprint density at radius 3 is 2.67 bits per heavy atom. The van der Waals surface area contributed by atoms with Crippen molar-refractivity contribution < 1.29 is 9.36 Å². The number of nitrogens with one attached hydrogen (secondary N) is 2. The fraction of sp³-hybridized carbons (Fsp3) is 0.286. The summed E-state index contributed by atoms with van der Waals surface area (Å²) in [4.78, 5) is 11.1. The lowest BCUT2D eigenvalue weighted by Gasteiger charge is -2.06. The van der Waals surface area contributed by atoms with Crippen molar-refractivity contribution in [1.29, 1.82) is 0 Å². The molecule has 0 bridgehead atoms. The molecular weight excluding hydrogens is 268 g/mol. The van der Waals surface area contributed by atoms with Crippen LogP contribution in [-0.4, -0.2) is 17.5 Å². The SMILES string of the molecule is CNc1ccc(NC(C)=O)cc1N=Nc1n(C)cc[n+]1C. The standard InChI is InChI=1S/C14H18N6O/c1-10(21)16-11-5-6-12(15-2)13(9-11)17-18-14-19(3)7-8-20(14)4/h5-9H,1-4H3,(H,16,17,21)/p+1. The molecule has 21 heavy (non-hydrogen) atoms. The third-order valence-electron chi connectivity index (χ3n) is 2.98. The minimum Gasteiger partial charge on any atom is -0.386 e. The van der Waals surface area contributed by atoms with Gasteiger partial charge in [-0.05, 0) is 18.2 Å². The molecule has 1 heterocycles. The molecule has 0 fully saturated rings. The van der Waals surface area contributed by atoms with E-state index in [1.165, 1.54) is 6.92 Å². The normalized spacial score (nSPS) is 10.9. The summed E-state index contributed by atoms with van der Waals surface area (Å²) >= 11 is 0. The molecule has 0 aliphatic rings. The zero-order valence-corrected chi connectivity index (χ0v) is 12.6. The van der Waals surface area contributed by atoms with Crippen LogP contribution in [0, 0.1) is 0 Å². The zero-order chi connectivity index (χ0) is 15.4. The van der Waals surface area contributed by atoms with Crippen molar-refractivity contribution in [2.45, 2.75) is 6.92 Å². The van der Waals surface area contributed by atoms with Crippen LogP contribution in [0.15, 0.2) is 40.8 Å². The van der Waals surface area contributed by atoms with Crippen molar-refractivity contribution in [3.05, 3.63) is 30.6 Å². The molecule has 0 spiro atoms. The van der Waals surface area contributed by atoms with Crippen LogP contribution in [-0.2, 0) is 18.9 Å². The molecule has 0 saturated carbocycles. The second-order valence-corrected chi connectivity index (χ2v) is 4.68. The maximum Gasteiger partial charge on any atom is 0.421 e. The van der Waals surface area contributed by atoms with E-state index in [1.807, 2.05) is 54.8 Å². The number of azo groups is 1. The summed E-state index contributed by atoms with van der Waals surface area (Å²) in [7, 11) is 5.62. The topological polar surface area (TPSA) is 74.7 Å². The molecule has 0 aliphatic heterocycles. The van der Waals surface area contributed by atoms with Crippen LogP contribution in [0.2, 0.25) is 0 Å². The molecule has 7 heteroatoms. The van der Waals surface area contributed by atoms with Crippen LogP contribution in [0.4, 0.5) is 23.0 Å². The molecule has 0 atom stereocenters. The first-order valence-electron chi connectivity index (χ1n) is 6.53. The number of aryl methyl sites for hydroxylation is 2. The highest BCUT2D eigenvalue weighted by Gasteiger charge is 2.11. The Labute approximate surface area is 123 Å². The number of hydrogen-bond donors (Lipinski definition) is 2. The van der Waals surface area contributed by atoms with Gasteiger partial charge in [-0.15, -0.1) is 0 Å². The number of nitrogens with zero attached hydrogens (tertiary/aromatic N) is 4. The smallest absolute Gasteiger partial charge is 0.386 e. The molecule has 2 aromatic rings. The van der Waals surface area contributed by atoms with E-state index >= 15 is 0 Å². The van der Waals surface area contributed by atoms with Crippen LogP contribution in [0.5, 0.6) is 0 Å². The summed E-state index contributed by atoms with van der Waals surface area (Å²) in [6.45, 7) is 1.47. The Balaban J connectivity index is 2.35. The third-order valence-corrected chi connectivity index (χ3v) is 2.98. The summed E-state index contributed by atoms with van der Waals surface area (Å²) in [5.74, 6) is 0.603. The van der Waals surface area contributed by atoms with Crippen molar-refractivity contribution in [3.8, 4) is 0 Å². The number of amides is 1. The van der Waals surface area contributed by atoms with Gasteiger partial charge in [0.25, 0.3) is 0 Å². The van der Waals surface area contributed by atoms with Gasteiger partial charge in [-0.25, -0.2) is 9.13 Å². The van der Waals surface area contributed by atoms with E-state index < -0.39 is 0 Å². The zero-order valence-electron chi connectivity index (χ0n) is 12.6. The van der Waals surface area contributed by atoms with E-state index in [0.717, 1.165) is 11.6 Å². The molecule has 2 N–H and O–H groups in total. The van der Waals surface area contributed by atoms with Gasteiger partial charge in [-0.2, -0.15) is 0 Å². The second kappa shape index (κ2) is 6.17. The van der Waals surface area contributed by atoms with Gasteiger partial charge in [0.1, 0.15) is 5.69 Å². The van der Waals surface area contributed by atoms with E-state index in [1.54, 1.807) is 6.07 Å². The van der Waals surface area contributed by atoms with Crippen LogP contribution in [0.25, 0.3) is 0 Å². The van der Waals surface area contributed by atoms with E-state index in [-0.39, 0.29) is 5.91 Å². The van der Waals surface area contributed by atoms with E-state index in [2.05, 4.69) is 20.9 Å². The fourth-order valence-electron chi connectivity index (χ4n) is 1.93. The number of benzene rings is 1. The number of aromatic nitrogens is 2. The lowest BCUT2D eigenvalue weighted by Crippen LogP contribution is -2.25. The first-order valence-corrected chi connectivity index (χ1v) is 6.53. The van der Waals surface area contributed by atoms with Gasteiger partial charge in [-0.1, -0.05) is 5.11 Å². The molecule has 1 aromatic carbocycles. The van der Waals surface area contributed by atoms with E-state index in [4.69, 9.17) is 0 Å². The fourth-order valence-corrected chi connectivity index (χ4v) is 1.93. The van der Waals surface area contributed by atoms with Crippen molar-refractivity contribution in [2.75, 3.05) is 17.7 Å². The lowest BCUT2D eigenvalue weighted by molar-refractivity contribution is -0.657. The molecule has 0 aliphatic carbocycles. The Hall–Kier alpha value is -2.70. The van der Waals surface area contributed by atoms with Crippen LogP contribution in [0.3, 0.4) is 0 Å². The van der Waals surface area contributed by atoms with Gasteiger partial charge < -0.3 is 10.6 Å². The molecule has 0 unspecified atom stereocenters. The summed E-state index contributed by atoms with van der Waals surface area (Å²) < 4.78 is 3.75. The van der Waals surface area contributed by atoms with E-state index in [0.29, 0.717) is 11.4 Å².